The molecule has 98 valence electrons. The van der Waals surface area contributed by atoms with Crippen molar-refractivity contribution in [3.8, 4) is 0 Å². The van der Waals surface area contributed by atoms with Crippen molar-refractivity contribution in [2.75, 3.05) is 19.6 Å². The van der Waals surface area contributed by atoms with E-state index in [1.807, 2.05) is 4.90 Å². The minimum atomic E-state index is -0.211. The van der Waals surface area contributed by atoms with Gasteiger partial charge in [0.05, 0.1) is 0 Å². The van der Waals surface area contributed by atoms with Crippen LogP contribution in [-0.4, -0.2) is 42.4 Å². The minimum absolute atomic E-state index is 0.0748. The van der Waals surface area contributed by atoms with Gasteiger partial charge in [-0.3, -0.25) is 9.59 Å². The molecule has 1 aliphatic rings. The van der Waals surface area contributed by atoms with Gasteiger partial charge in [-0.2, -0.15) is 0 Å². The second kappa shape index (κ2) is 6.59. The van der Waals surface area contributed by atoms with Crippen LogP contribution < -0.4 is 11.1 Å². The van der Waals surface area contributed by atoms with Crippen molar-refractivity contribution < 1.29 is 9.59 Å². The first-order chi connectivity index (χ1) is 8.02. The van der Waals surface area contributed by atoms with Gasteiger partial charge in [0.1, 0.15) is 0 Å². The first-order valence-corrected chi connectivity index (χ1v) is 6.33. The molecule has 0 aromatic heterocycles. The van der Waals surface area contributed by atoms with Crippen LogP contribution in [0.15, 0.2) is 0 Å². The van der Waals surface area contributed by atoms with E-state index in [9.17, 15) is 9.59 Å². The highest BCUT2D eigenvalue weighted by atomic mass is 16.2. The summed E-state index contributed by atoms with van der Waals surface area (Å²) in [5.41, 5.74) is 5.63. The van der Waals surface area contributed by atoms with E-state index in [0.717, 1.165) is 25.9 Å². The third kappa shape index (κ3) is 4.34. The van der Waals surface area contributed by atoms with E-state index >= 15 is 0 Å². The molecule has 2 amide bonds. The Morgan fingerprint density at radius 2 is 1.88 bits per heavy atom. The van der Waals surface area contributed by atoms with E-state index in [0.29, 0.717) is 13.0 Å². The third-order valence-electron chi connectivity index (χ3n) is 3.30. The number of carbonyl (C=O) groups is 2. The molecule has 1 fully saturated rings. The summed E-state index contributed by atoms with van der Waals surface area (Å²) in [6.07, 6.45) is 2.58. The van der Waals surface area contributed by atoms with Gasteiger partial charge in [-0.05, 0) is 19.8 Å². The second-order valence-electron chi connectivity index (χ2n) is 4.78. The number of hydrogen-bond donors (Lipinski definition) is 2. The lowest BCUT2D eigenvalue weighted by atomic mass is 10.0. The zero-order valence-corrected chi connectivity index (χ0v) is 10.7. The minimum Gasteiger partial charge on any atom is -0.355 e. The maximum atomic E-state index is 11.7. The van der Waals surface area contributed by atoms with Crippen LogP contribution in [0, 0.1) is 5.92 Å². The summed E-state index contributed by atoms with van der Waals surface area (Å²) in [5, 5.41) is 2.75. The molecular formula is C12H23N3O2. The largest absolute Gasteiger partial charge is 0.355 e. The van der Waals surface area contributed by atoms with Crippen molar-refractivity contribution in [2.24, 2.45) is 11.7 Å². The van der Waals surface area contributed by atoms with Crippen molar-refractivity contribution >= 4 is 11.8 Å². The summed E-state index contributed by atoms with van der Waals surface area (Å²) in [7, 11) is 0. The number of carbonyl (C=O) groups excluding carboxylic acids is 2. The van der Waals surface area contributed by atoms with Gasteiger partial charge in [0, 0.05) is 38.0 Å². The van der Waals surface area contributed by atoms with Crippen LogP contribution in [0.1, 0.15) is 33.1 Å². The Hall–Kier alpha value is -1.10. The Balaban J connectivity index is 2.18. The maximum Gasteiger partial charge on any atom is 0.224 e. The van der Waals surface area contributed by atoms with Gasteiger partial charge in [0.2, 0.25) is 11.8 Å². The fourth-order valence-corrected chi connectivity index (χ4v) is 1.82. The molecule has 0 saturated carbocycles. The lowest BCUT2D eigenvalue weighted by molar-refractivity contribution is -0.130. The first kappa shape index (κ1) is 14.0. The average molecular weight is 241 g/mol. The molecule has 1 heterocycles. The number of nitrogens with one attached hydrogen (secondary N) is 1. The number of amides is 2. The fourth-order valence-electron chi connectivity index (χ4n) is 1.82. The maximum absolute atomic E-state index is 11.7. The Kier molecular flexibility index (Phi) is 5.41. The van der Waals surface area contributed by atoms with Gasteiger partial charge in [-0.1, -0.05) is 6.92 Å². The average Bonchev–Trinajstić information content (AvgIpc) is 2.80. The number of nitrogens with two attached hydrogens (primary N) is 1. The fraction of sp³-hybridized carbons (Fsp3) is 0.833. The number of rotatable bonds is 5. The van der Waals surface area contributed by atoms with Crippen LogP contribution in [-0.2, 0) is 9.59 Å². The van der Waals surface area contributed by atoms with Gasteiger partial charge in [0.25, 0.3) is 0 Å². The van der Waals surface area contributed by atoms with Gasteiger partial charge in [0.15, 0.2) is 0 Å². The molecule has 3 N–H and O–H groups in total. The predicted molar refractivity (Wildman–Crippen MR) is 66.3 cm³/mol. The van der Waals surface area contributed by atoms with E-state index in [2.05, 4.69) is 5.32 Å². The van der Waals surface area contributed by atoms with Crippen LogP contribution in [0.25, 0.3) is 0 Å². The molecule has 0 aromatic rings. The smallest absolute Gasteiger partial charge is 0.224 e. The number of hydrogen-bond acceptors (Lipinski definition) is 3. The van der Waals surface area contributed by atoms with Crippen molar-refractivity contribution in [1.82, 2.24) is 10.2 Å². The third-order valence-corrected chi connectivity index (χ3v) is 3.30. The molecule has 2 atom stereocenters. The summed E-state index contributed by atoms with van der Waals surface area (Å²) < 4.78 is 0. The monoisotopic (exact) mass is 241 g/mol. The summed E-state index contributed by atoms with van der Waals surface area (Å²) in [4.78, 5) is 25.1. The topological polar surface area (TPSA) is 75.4 Å². The van der Waals surface area contributed by atoms with Crippen molar-refractivity contribution in [2.45, 2.75) is 39.2 Å². The van der Waals surface area contributed by atoms with E-state index in [1.165, 1.54) is 0 Å². The van der Waals surface area contributed by atoms with Crippen LogP contribution in [0.3, 0.4) is 0 Å². The van der Waals surface area contributed by atoms with Crippen LogP contribution in [0.5, 0.6) is 0 Å². The Labute approximate surface area is 103 Å². The van der Waals surface area contributed by atoms with Gasteiger partial charge in [-0.15, -0.1) is 0 Å². The summed E-state index contributed by atoms with van der Waals surface area (Å²) in [6, 6.07) is -0.163. The summed E-state index contributed by atoms with van der Waals surface area (Å²) >= 11 is 0. The predicted octanol–water partition coefficient (Wildman–Crippen LogP) is 0.0984. The van der Waals surface area contributed by atoms with Crippen LogP contribution >= 0.6 is 0 Å². The highest BCUT2D eigenvalue weighted by Crippen LogP contribution is 2.08. The Morgan fingerprint density at radius 3 is 2.41 bits per heavy atom. The molecule has 1 saturated heterocycles. The van der Waals surface area contributed by atoms with Crippen LogP contribution in [0.2, 0.25) is 0 Å². The van der Waals surface area contributed by atoms with Crippen molar-refractivity contribution in [3.05, 3.63) is 0 Å². The van der Waals surface area contributed by atoms with Crippen molar-refractivity contribution in [3.63, 3.8) is 0 Å². The summed E-state index contributed by atoms with van der Waals surface area (Å²) in [6.45, 7) is 5.74. The standard InChI is InChI=1S/C12H23N3O2/c1-9(10(2)13)12(17)14-6-5-11(16)15-7-3-4-8-15/h9-10H,3-8,13H2,1-2H3,(H,14,17). The Morgan fingerprint density at radius 1 is 1.29 bits per heavy atom. The van der Waals surface area contributed by atoms with E-state index in [1.54, 1.807) is 13.8 Å². The van der Waals surface area contributed by atoms with E-state index in [4.69, 9.17) is 5.73 Å². The van der Waals surface area contributed by atoms with Crippen molar-refractivity contribution in [1.29, 1.82) is 0 Å². The molecule has 1 aliphatic heterocycles. The zero-order chi connectivity index (χ0) is 12.8. The SMILES string of the molecule is CC(N)C(C)C(=O)NCCC(=O)N1CCCC1. The molecule has 0 radical (unpaired) electrons. The molecule has 1 rings (SSSR count). The molecule has 0 aliphatic carbocycles. The molecule has 5 heteroatoms. The lowest BCUT2D eigenvalue weighted by Crippen LogP contribution is -2.40. The highest BCUT2D eigenvalue weighted by Gasteiger charge is 2.19. The molecule has 5 nitrogen and oxygen atoms in total. The summed E-state index contributed by atoms with van der Waals surface area (Å²) in [5.74, 6) is -0.151. The molecule has 0 aromatic carbocycles. The lowest BCUT2D eigenvalue weighted by Gasteiger charge is -2.17. The zero-order valence-electron chi connectivity index (χ0n) is 10.7. The highest BCUT2D eigenvalue weighted by molar-refractivity contribution is 5.80. The second-order valence-corrected chi connectivity index (χ2v) is 4.78. The van der Waals surface area contributed by atoms with E-state index < -0.39 is 0 Å². The molecular weight excluding hydrogens is 218 g/mol. The quantitative estimate of drug-likeness (QED) is 0.716. The van der Waals surface area contributed by atoms with Gasteiger partial charge >= 0.3 is 0 Å². The molecule has 0 spiro atoms. The van der Waals surface area contributed by atoms with Gasteiger partial charge < -0.3 is 16.0 Å². The first-order valence-electron chi connectivity index (χ1n) is 6.33. The molecule has 17 heavy (non-hydrogen) atoms. The number of nitrogens with zero attached hydrogens (tertiary/aromatic N) is 1. The normalized spacial score (nSPS) is 18.9. The Bertz CT molecular complexity index is 259. The number of likely N-dealkylation sites (tertiary alicyclic amines) is 1. The van der Waals surface area contributed by atoms with E-state index in [-0.39, 0.29) is 23.8 Å². The van der Waals surface area contributed by atoms with Gasteiger partial charge in [-0.25, -0.2) is 0 Å². The molecule has 0 bridgehead atoms. The molecule has 2 unspecified atom stereocenters. The van der Waals surface area contributed by atoms with Crippen LogP contribution in [0.4, 0.5) is 0 Å².